The van der Waals surface area contributed by atoms with Crippen molar-refractivity contribution < 1.29 is 9.53 Å². The van der Waals surface area contributed by atoms with E-state index >= 15 is 0 Å². The lowest BCUT2D eigenvalue weighted by Crippen LogP contribution is -2.40. The number of ether oxygens (including phenoxy) is 1. The highest BCUT2D eigenvalue weighted by atomic mass is 32.1. The van der Waals surface area contributed by atoms with Gasteiger partial charge in [0.15, 0.2) is 5.13 Å². The molecule has 1 aliphatic heterocycles. The highest BCUT2D eigenvalue weighted by molar-refractivity contribution is 7.18. The minimum atomic E-state index is -0.160. The standard InChI is InChI=1S/C13H20N4O2S/c1-7(9-3-2-6-19-9)15-12(18)10-11(14)17-13(20-10)16-8-4-5-8/h7-9H,2-6,14H2,1H3,(H,15,18)(H,16,17). The molecule has 1 aromatic rings. The Morgan fingerprint density at radius 1 is 1.50 bits per heavy atom. The molecule has 3 rings (SSSR count). The molecule has 2 aliphatic rings. The van der Waals surface area contributed by atoms with Gasteiger partial charge in [-0.1, -0.05) is 11.3 Å². The third kappa shape index (κ3) is 3.04. The van der Waals surface area contributed by atoms with Crippen molar-refractivity contribution in [1.29, 1.82) is 0 Å². The van der Waals surface area contributed by atoms with Crippen molar-refractivity contribution in [3.8, 4) is 0 Å². The van der Waals surface area contributed by atoms with Gasteiger partial charge in [0.05, 0.1) is 12.1 Å². The Bertz CT molecular complexity index is 495. The summed E-state index contributed by atoms with van der Waals surface area (Å²) in [5, 5.41) is 6.96. The lowest BCUT2D eigenvalue weighted by atomic mass is 10.1. The van der Waals surface area contributed by atoms with Crippen molar-refractivity contribution in [3.05, 3.63) is 4.88 Å². The van der Waals surface area contributed by atoms with Gasteiger partial charge in [-0.3, -0.25) is 4.79 Å². The SMILES string of the molecule is CC(NC(=O)c1sc(NC2CC2)nc1N)C1CCCO1. The number of aromatic nitrogens is 1. The zero-order valence-electron chi connectivity index (χ0n) is 11.5. The number of carbonyl (C=O) groups is 1. The minimum Gasteiger partial charge on any atom is -0.382 e. The maximum Gasteiger partial charge on any atom is 0.265 e. The number of nitrogens with zero attached hydrogens (tertiary/aromatic N) is 1. The van der Waals surface area contributed by atoms with Crippen LogP contribution >= 0.6 is 11.3 Å². The topological polar surface area (TPSA) is 89.3 Å². The second-order valence-corrected chi connectivity index (χ2v) is 6.46. The van der Waals surface area contributed by atoms with E-state index in [-0.39, 0.29) is 18.1 Å². The van der Waals surface area contributed by atoms with Crippen LogP contribution in [0.1, 0.15) is 42.3 Å². The summed E-state index contributed by atoms with van der Waals surface area (Å²) < 4.78 is 5.58. The molecule has 1 saturated heterocycles. The summed E-state index contributed by atoms with van der Waals surface area (Å²) >= 11 is 1.32. The number of nitrogens with two attached hydrogens (primary N) is 1. The molecule has 20 heavy (non-hydrogen) atoms. The van der Waals surface area contributed by atoms with Crippen LogP contribution in [0.3, 0.4) is 0 Å². The number of anilines is 2. The van der Waals surface area contributed by atoms with Gasteiger partial charge in [-0.2, -0.15) is 0 Å². The Morgan fingerprint density at radius 3 is 2.95 bits per heavy atom. The average Bonchev–Trinajstić information content (AvgIpc) is 2.92. The first kappa shape index (κ1) is 13.6. The summed E-state index contributed by atoms with van der Waals surface area (Å²) in [6.07, 6.45) is 4.49. The van der Waals surface area contributed by atoms with Crippen LogP contribution in [0.2, 0.25) is 0 Å². The molecule has 1 aromatic heterocycles. The maximum atomic E-state index is 12.2. The number of carbonyl (C=O) groups excluding carboxylic acids is 1. The monoisotopic (exact) mass is 296 g/mol. The molecule has 1 amide bonds. The normalized spacial score (nSPS) is 23.6. The van der Waals surface area contributed by atoms with E-state index in [0.29, 0.717) is 16.7 Å². The van der Waals surface area contributed by atoms with Gasteiger partial charge in [0.2, 0.25) is 0 Å². The van der Waals surface area contributed by atoms with Crippen molar-refractivity contribution in [2.75, 3.05) is 17.7 Å². The lowest BCUT2D eigenvalue weighted by Gasteiger charge is -2.19. The predicted octanol–water partition coefficient (Wildman–Crippen LogP) is 1.60. The van der Waals surface area contributed by atoms with Crippen molar-refractivity contribution in [2.45, 2.75) is 50.8 Å². The van der Waals surface area contributed by atoms with Gasteiger partial charge in [0.25, 0.3) is 5.91 Å². The fourth-order valence-corrected chi connectivity index (χ4v) is 3.19. The number of nitrogen functional groups attached to an aromatic ring is 1. The molecule has 0 radical (unpaired) electrons. The molecule has 0 spiro atoms. The van der Waals surface area contributed by atoms with Gasteiger partial charge in [-0.05, 0) is 32.6 Å². The van der Waals surface area contributed by atoms with Crippen LogP contribution < -0.4 is 16.4 Å². The van der Waals surface area contributed by atoms with Crippen LogP contribution in [0.4, 0.5) is 10.9 Å². The molecule has 7 heteroatoms. The van der Waals surface area contributed by atoms with E-state index in [0.717, 1.165) is 37.4 Å². The molecular formula is C13H20N4O2S. The minimum absolute atomic E-state index is 0.00802. The van der Waals surface area contributed by atoms with Crippen LogP contribution in [0.25, 0.3) is 0 Å². The number of thiazole rings is 1. The molecule has 6 nitrogen and oxygen atoms in total. The molecule has 2 atom stereocenters. The maximum absolute atomic E-state index is 12.2. The quantitative estimate of drug-likeness (QED) is 0.768. The fourth-order valence-electron chi connectivity index (χ4n) is 2.32. The van der Waals surface area contributed by atoms with Gasteiger partial charge in [-0.25, -0.2) is 4.98 Å². The summed E-state index contributed by atoms with van der Waals surface area (Å²) in [6.45, 7) is 2.75. The van der Waals surface area contributed by atoms with Crippen molar-refractivity contribution >= 4 is 28.2 Å². The second kappa shape index (κ2) is 5.57. The van der Waals surface area contributed by atoms with Crippen LogP contribution in [-0.2, 0) is 4.74 Å². The molecule has 0 aromatic carbocycles. The number of amides is 1. The summed E-state index contributed by atoms with van der Waals surface area (Å²) in [5.74, 6) is 0.141. The molecule has 1 aliphatic carbocycles. The van der Waals surface area contributed by atoms with Gasteiger partial charge >= 0.3 is 0 Å². The molecule has 2 fully saturated rings. The largest absolute Gasteiger partial charge is 0.382 e. The van der Waals surface area contributed by atoms with Gasteiger partial charge in [0.1, 0.15) is 10.7 Å². The Balaban J connectivity index is 1.61. The van der Waals surface area contributed by atoms with Crippen LogP contribution in [0.5, 0.6) is 0 Å². The number of rotatable bonds is 5. The van der Waals surface area contributed by atoms with Crippen molar-refractivity contribution in [3.63, 3.8) is 0 Å². The smallest absolute Gasteiger partial charge is 0.265 e. The molecule has 0 bridgehead atoms. The summed E-state index contributed by atoms with van der Waals surface area (Å²) in [5.41, 5.74) is 5.83. The van der Waals surface area contributed by atoms with E-state index in [1.165, 1.54) is 11.3 Å². The summed E-state index contributed by atoms with van der Waals surface area (Å²) in [4.78, 5) is 16.9. The van der Waals surface area contributed by atoms with Crippen LogP contribution in [-0.4, -0.2) is 35.7 Å². The van der Waals surface area contributed by atoms with Gasteiger partial charge in [0, 0.05) is 12.6 Å². The van der Waals surface area contributed by atoms with Crippen molar-refractivity contribution in [2.24, 2.45) is 0 Å². The van der Waals surface area contributed by atoms with E-state index < -0.39 is 0 Å². The van der Waals surface area contributed by atoms with E-state index in [4.69, 9.17) is 10.5 Å². The third-order valence-electron chi connectivity index (χ3n) is 3.65. The third-order valence-corrected chi connectivity index (χ3v) is 4.65. The zero-order chi connectivity index (χ0) is 14.1. The van der Waals surface area contributed by atoms with E-state index in [1.54, 1.807) is 0 Å². The van der Waals surface area contributed by atoms with Gasteiger partial charge < -0.3 is 21.1 Å². The van der Waals surface area contributed by atoms with E-state index in [9.17, 15) is 4.79 Å². The highest BCUT2D eigenvalue weighted by Gasteiger charge is 2.27. The zero-order valence-corrected chi connectivity index (χ0v) is 12.3. The Hall–Kier alpha value is -1.34. The second-order valence-electron chi connectivity index (χ2n) is 5.47. The summed E-state index contributed by atoms with van der Waals surface area (Å²) in [7, 11) is 0. The molecular weight excluding hydrogens is 276 g/mol. The van der Waals surface area contributed by atoms with Crippen molar-refractivity contribution in [1.82, 2.24) is 10.3 Å². The van der Waals surface area contributed by atoms with E-state index in [1.807, 2.05) is 6.92 Å². The first-order chi connectivity index (χ1) is 9.63. The first-order valence-corrected chi connectivity index (χ1v) is 7.90. The molecule has 4 N–H and O–H groups in total. The number of hydrogen-bond acceptors (Lipinski definition) is 6. The highest BCUT2D eigenvalue weighted by Crippen LogP contribution is 2.30. The Labute approximate surface area is 122 Å². The Morgan fingerprint density at radius 2 is 2.30 bits per heavy atom. The summed E-state index contributed by atoms with van der Waals surface area (Å²) in [6, 6.07) is 0.494. The molecule has 2 heterocycles. The van der Waals surface area contributed by atoms with Crippen LogP contribution in [0, 0.1) is 0 Å². The van der Waals surface area contributed by atoms with Gasteiger partial charge in [-0.15, -0.1) is 0 Å². The number of nitrogens with one attached hydrogen (secondary N) is 2. The Kier molecular flexibility index (Phi) is 3.80. The molecule has 110 valence electrons. The van der Waals surface area contributed by atoms with Crippen LogP contribution in [0.15, 0.2) is 0 Å². The predicted molar refractivity (Wildman–Crippen MR) is 79.1 cm³/mol. The lowest BCUT2D eigenvalue weighted by molar-refractivity contribution is 0.0715. The first-order valence-electron chi connectivity index (χ1n) is 7.09. The fraction of sp³-hybridized carbons (Fsp3) is 0.692. The average molecular weight is 296 g/mol. The molecule has 2 unspecified atom stereocenters. The van der Waals surface area contributed by atoms with E-state index in [2.05, 4.69) is 15.6 Å². The number of hydrogen-bond donors (Lipinski definition) is 3. The molecule has 1 saturated carbocycles.